The first-order valence-electron chi connectivity index (χ1n) is 22.1. The molecule has 0 bridgehead atoms. The molecule has 2 N–H and O–H groups in total. The molecular weight excluding hydrogens is 640 g/mol. The van der Waals surface area contributed by atoms with Gasteiger partial charge in [-0.25, -0.2) is 0 Å². The van der Waals surface area contributed by atoms with Gasteiger partial charge in [-0.1, -0.05) is 232 Å². The van der Waals surface area contributed by atoms with Gasteiger partial charge in [0.2, 0.25) is 0 Å². The third kappa shape index (κ3) is 32.5. The van der Waals surface area contributed by atoms with Crippen LogP contribution in [0.25, 0.3) is 0 Å². The maximum absolute atomic E-state index is 12.5. The van der Waals surface area contributed by atoms with Crippen molar-refractivity contribution in [3.05, 3.63) is 0 Å². The Balaban J connectivity index is 3.93. The first-order valence-corrected chi connectivity index (χ1v) is 22.1. The van der Waals surface area contributed by atoms with Gasteiger partial charge in [0, 0.05) is 0 Å². The molecule has 0 saturated carbocycles. The Morgan fingerprint density at radius 1 is 0.333 bits per heavy atom. The maximum atomic E-state index is 12.5. The van der Waals surface area contributed by atoms with Crippen LogP contribution in [-0.4, -0.2) is 34.1 Å². The fourth-order valence-electron chi connectivity index (χ4n) is 7.07. The van der Waals surface area contributed by atoms with E-state index in [-0.39, 0.29) is 12.8 Å². The van der Waals surface area contributed by atoms with Crippen LogP contribution < -0.4 is 0 Å². The molecule has 0 fully saturated rings. The molecule has 0 spiro atoms. The number of carbonyl (C=O) groups excluding carboxylic acids is 2. The Morgan fingerprint density at radius 3 is 0.686 bits per heavy atom. The Kier molecular flexibility index (Phi) is 36.4. The SMILES string of the molecule is CCCCCCCCCCCCCCCCCCCC(C(=O)O)C(=O)OC(=O)C(CCCCCCCCCCCCCCCCCCC)C(=O)O. The molecule has 0 aromatic carbocycles. The highest BCUT2D eigenvalue weighted by Crippen LogP contribution is 2.20. The van der Waals surface area contributed by atoms with E-state index in [1.54, 1.807) is 0 Å². The van der Waals surface area contributed by atoms with Gasteiger partial charge in [-0.3, -0.25) is 19.2 Å². The van der Waals surface area contributed by atoms with E-state index >= 15 is 0 Å². The van der Waals surface area contributed by atoms with Crippen LogP contribution in [0.3, 0.4) is 0 Å². The van der Waals surface area contributed by atoms with E-state index in [9.17, 15) is 29.4 Å². The van der Waals surface area contributed by atoms with Gasteiger partial charge in [0.15, 0.2) is 11.8 Å². The van der Waals surface area contributed by atoms with Gasteiger partial charge in [-0.2, -0.15) is 0 Å². The molecule has 0 aliphatic rings. The number of ether oxygens (including phenoxy) is 1. The van der Waals surface area contributed by atoms with Gasteiger partial charge < -0.3 is 14.9 Å². The molecule has 0 aliphatic heterocycles. The van der Waals surface area contributed by atoms with Crippen molar-refractivity contribution in [3.63, 3.8) is 0 Å². The molecule has 0 radical (unpaired) electrons. The Labute approximate surface area is 314 Å². The van der Waals surface area contributed by atoms with Gasteiger partial charge in [0.1, 0.15) is 0 Å². The number of aliphatic carboxylic acids is 2. The largest absolute Gasteiger partial charge is 0.481 e. The zero-order valence-electron chi connectivity index (χ0n) is 33.5. The minimum atomic E-state index is -1.44. The van der Waals surface area contributed by atoms with Gasteiger partial charge in [-0.05, 0) is 12.8 Å². The van der Waals surface area contributed by atoms with Crippen LogP contribution in [0.1, 0.15) is 245 Å². The lowest BCUT2D eigenvalue weighted by Gasteiger charge is -2.14. The summed E-state index contributed by atoms with van der Waals surface area (Å²) in [5, 5.41) is 19.2. The molecule has 0 aromatic rings. The average molecular weight is 723 g/mol. The molecule has 2 atom stereocenters. The summed E-state index contributed by atoms with van der Waals surface area (Å²) in [5.41, 5.74) is 0. The van der Waals surface area contributed by atoms with E-state index in [0.29, 0.717) is 12.8 Å². The van der Waals surface area contributed by atoms with Crippen LogP contribution in [-0.2, 0) is 23.9 Å². The van der Waals surface area contributed by atoms with Crippen LogP contribution in [0.5, 0.6) is 0 Å². The van der Waals surface area contributed by atoms with Crippen molar-refractivity contribution in [3.8, 4) is 0 Å². The number of hydrogen-bond acceptors (Lipinski definition) is 5. The summed E-state index contributed by atoms with van der Waals surface area (Å²) in [6, 6.07) is 0. The molecule has 7 heteroatoms. The average Bonchev–Trinajstić information content (AvgIpc) is 3.10. The molecule has 7 nitrogen and oxygen atoms in total. The van der Waals surface area contributed by atoms with E-state index in [0.717, 1.165) is 38.5 Å². The maximum Gasteiger partial charge on any atom is 0.327 e. The van der Waals surface area contributed by atoms with E-state index in [4.69, 9.17) is 4.74 Å². The van der Waals surface area contributed by atoms with Gasteiger partial charge in [0.25, 0.3) is 0 Å². The predicted octanol–water partition coefficient (Wildman–Crippen LogP) is 13.5. The van der Waals surface area contributed by atoms with Crippen molar-refractivity contribution >= 4 is 23.9 Å². The second-order valence-corrected chi connectivity index (χ2v) is 15.4. The van der Waals surface area contributed by atoms with Gasteiger partial charge in [-0.15, -0.1) is 0 Å². The highest BCUT2D eigenvalue weighted by Gasteiger charge is 2.34. The van der Waals surface area contributed by atoms with Crippen molar-refractivity contribution in [2.24, 2.45) is 11.8 Å². The predicted molar refractivity (Wildman–Crippen MR) is 211 cm³/mol. The third-order valence-electron chi connectivity index (χ3n) is 10.6. The van der Waals surface area contributed by atoms with Crippen molar-refractivity contribution in [2.75, 3.05) is 0 Å². The summed E-state index contributed by atoms with van der Waals surface area (Å²) in [7, 11) is 0. The molecule has 0 aromatic heterocycles. The topological polar surface area (TPSA) is 118 Å². The summed E-state index contributed by atoms with van der Waals surface area (Å²) >= 11 is 0. The molecule has 51 heavy (non-hydrogen) atoms. The highest BCUT2D eigenvalue weighted by molar-refractivity contribution is 6.03. The molecule has 300 valence electrons. The van der Waals surface area contributed by atoms with Crippen LogP contribution in [0.15, 0.2) is 0 Å². The van der Waals surface area contributed by atoms with Gasteiger partial charge in [0.05, 0.1) is 0 Å². The lowest BCUT2D eigenvalue weighted by atomic mass is 9.98. The first kappa shape index (κ1) is 49.1. The number of esters is 2. The molecule has 2 unspecified atom stereocenters. The Hall–Kier alpha value is -1.92. The van der Waals surface area contributed by atoms with Crippen molar-refractivity contribution in [1.82, 2.24) is 0 Å². The summed E-state index contributed by atoms with van der Waals surface area (Å²) in [4.78, 5) is 48.6. The Morgan fingerprint density at radius 2 is 0.510 bits per heavy atom. The standard InChI is InChI=1S/C44H82O7/c1-3-5-7-9-11-13-15-17-19-21-23-25-27-29-31-33-35-37-39(41(45)46)43(49)51-44(50)40(42(47)48)38-36-34-32-30-28-26-24-22-20-18-16-14-12-10-8-6-4-2/h39-40H,3-38H2,1-2H3,(H,45,46)(H,47,48). The monoisotopic (exact) mass is 723 g/mol. The molecular formula is C44H82O7. The molecule has 0 saturated heterocycles. The van der Waals surface area contributed by atoms with Crippen LogP contribution in [0.4, 0.5) is 0 Å². The van der Waals surface area contributed by atoms with E-state index in [1.807, 2.05) is 0 Å². The first-order chi connectivity index (χ1) is 24.8. The minimum absolute atomic E-state index is 0.0942. The number of carbonyl (C=O) groups is 4. The zero-order chi connectivity index (χ0) is 37.6. The number of hydrogen-bond donors (Lipinski definition) is 2. The fraction of sp³-hybridized carbons (Fsp3) is 0.909. The Bertz CT molecular complexity index is 760. The summed E-state index contributed by atoms with van der Waals surface area (Å²) in [6.07, 6.45) is 41.6. The van der Waals surface area contributed by atoms with E-state index in [2.05, 4.69) is 13.8 Å². The summed E-state index contributed by atoms with van der Waals surface area (Å²) in [5.74, 6) is -7.83. The number of carboxylic acid groups (broad SMARTS) is 2. The summed E-state index contributed by atoms with van der Waals surface area (Å²) in [6.45, 7) is 4.51. The second kappa shape index (κ2) is 37.8. The smallest absolute Gasteiger partial charge is 0.327 e. The molecule has 0 rings (SSSR count). The normalized spacial score (nSPS) is 12.5. The number of rotatable bonds is 40. The highest BCUT2D eigenvalue weighted by atomic mass is 16.6. The molecule has 0 aliphatic carbocycles. The second-order valence-electron chi connectivity index (χ2n) is 15.4. The fourth-order valence-corrected chi connectivity index (χ4v) is 7.07. The minimum Gasteiger partial charge on any atom is -0.481 e. The van der Waals surface area contributed by atoms with Crippen LogP contribution >= 0.6 is 0 Å². The summed E-state index contributed by atoms with van der Waals surface area (Å²) < 4.78 is 4.83. The van der Waals surface area contributed by atoms with Crippen LogP contribution in [0.2, 0.25) is 0 Å². The van der Waals surface area contributed by atoms with Crippen molar-refractivity contribution in [2.45, 2.75) is 245 Å². The van der Waals surface area contributed by atoms with E-state index in [1.165, 1.54) is 167 Å². The van der Waals surface area contributed by atoms with Crippen LogP contribution in [0, 0.1) is 11.8 Å². The number of carboxylic acids is 2. The third-order valence-corrected chi connectivity index (χ3v) is 10.6. The van der Waals surface area contributed by atoms with Crippen molar-refractivity contribution in [1.29, 1.82) is 0 Å². The lowest BCUT2D eigenvalue weighted by molar-refractivity contribution is -0.171. The quantitative estimate of drug-likeness (QED) is 0.0367. The molecule has 0 amide bonds. The van der Waals surface area contributed by atoms with Crippen molar-refractivity contribution < 1.29 is 34.1 Å². The lowest BCUT2D eigenvalue weighted by Crippen LogP contribution is -2.33. The molecule has 0 heterocycles. The number of unbranched alkanes of at least 4 members (excludes halogenated alkanes) is 32. The zero-order valence-corrected chi connectivity index (χ0v) is 33.5. The van der Waals surface area contributed by atoms with E-state index < -0.39 is 35.7 Å². The van der Waals surface area contributed by atoms with Gasteiger partial charge >= 0.3 is 23.9 Å².